The maximum Gasteiger partial charge on any atom is 0.258 e. The standard InChI is InChI=1S/C16H26N4O3/c1-15(2,3)12-11(9-19(4)18-12)13(21)20-8-6-7-16(20,10-23-5)14(17)22/h9H,6-8,10H2,1-5H3,(H2,17,22). The molecule has 23 heavy (non-hydrogen) atoms. The molecular formula is C16H26N4O3. The van der Waals surface area contributed by atoms with Gasteiger partial charge in [0.05, 0.1) is 17.9 Å². The zero-order valence-electron chi connectivity index (χ0n) is 14.5. The minimum atomic E-state index is -1.07. The van der Waals surface area contributed by atoms with Crippen molar-refractivity contribution in [2.45, 2.75) is 44.6 Å². The van der Waals surface area contributed by atoms with E-state index < -0.39 is 11.4 Å². The minimum Gasteiger partial charge on any atom is -0.382 e. The van der Waals surface area contributed by atoms with E-state index in [-0.39, 0.29) is 17.9 Å². The normalized spacial score (nSPS) is 21.7. The Morgan fingerprint density at radius 1 is 1.43 bits per heavy atom. The number of methoxy groups -OCH3 is 1. The van der Waals surface area contributed by atoms with E-state index >= 15 is 0 Å². The van der Waals surface area contributed by atoms with Crippen molar-refractivity contribution in [1.29, 1.82) is 0 Å². The van der Waals surface area contributed by atoms with Gasteiger partial charge in [-0.15, -0.1) is 0 Å². The van der Waals surface area contributed by atoms with Crippen LogP contribution in [0.1, 0.15) is 49.7 Å². The minimum absolute atomic E-state index is 0.110. The quantitative estimate of drug-likeness (QED) is 0.889. The van der Waals surface area contributed by atoms with Gasteiger partial charge in [-0.2, -0.15) is 5.10 Å². The molecule has 128 valence electrons. The molecule has 1 unspecified atom stereocenters. The summed E-state index contributed by atoms with van der Waals surface area (Å²) in [6.07, 6.45) is 2.95. The molecule has 2 rings (SSSR count). The van der Waals surface area contributed by atoms with Crippen LogP contribution in [0, 0.1) is 0 Å². The lowest BCUT2D eigenvalue weighted by Crippen LogP contribution is -2.58. The fraction of sp³-hybridized carbons (Fsp3) is 0.688. The molecule has 1 fully saturated rings. The molecule has 1 aliphatic rings. The molecule has 1 atom stereocenters. The van der Waals surface area contributed by atoms with Gasteiger partial charge in [-0.3, -0.25) is 14.3 Å². The molecule has 0 spiro atoms. The van der Waals surface area contributed by atoms with Crippen molar-refractivity contribution in [2.75, 3.05) is 20.3 Å². The van der Waals surface area contributed by atoms with Crippen molar-refractivity contribution >= 4 is 11.8 Å². The molecular weight excluding hydrogens is 296 g/mol. The number of hydrogen-bond donors (Lipinski definition) is 1. The monoisotopic (exact) mass is 322 g/mol. The lowest BCUT2D eigenvalue weighted by atomic mass is 9.88. The Balaban J connectivity index is 2.46. The van der Waals surface area contributed by atoms with Crippen molar-refractivity contribution < 1.29 is 14.3 Å². The molecule has 0 aromatic carbocycles. The first-order valence-electron chi connectivity index (χ1n) is 7.78. The van der Waals surface area contributed by atoms with Crippen molar-refractivity contribution in [3.63, 3.8) is 0 Å². The lowest BCUT2D eigenvalue weighted by molar-refractivity contribution is -0.130. The average molecular weight is 322 g/mol. The van der Waals surface area contributed by atoms with Crippen LogP contribution in [0.25, 0.3) is 0 Å². The van der Waals surface area contributed by atoms with E-state index in [0.29, 0.717) is 24.2 Å². The van der Waals surface area contributed by atoms with Crippen LogP contribution in [-0.4, -0.2) is 52.3 Å². The van der Waals surface area contributed by atoms with Gasteiger partial charge in [-0.25, -0.2) is 0 Å². The number of carbonyl (C=O) groups excluding carboxylic acids is 2. The molecule has 1 aliphatic heterocycles. The molecule has 2 N–H and O–H groups in total. The van der Waals surface area contributed by atoms with Crippen LogP contribution < -0.4 is 5.73 Å². The van der Waals surface area contributed by atoms with Crippen molar-refractivity contribution in [2.24, 2.45) is 12.8 Å². The molecule has 0 saturated carbocycles. The number of rotatable bonds is 4. The highest BCUT2D eigenvalue weighted by molar-refractivity contribution is 6.00. The van der Waals surface area contributed by atoms with Gasteiger partial charge in [-0.1, -0.05) is 20.8 Å². The second kappa shape index (κ2) is 5.96. The zero-order chi connectivity index (χ0) is 17.4. The molecule has 1 saturated heterocycles. The number of nitrogens with zero attached hydrogens (tertiary/aromatic N) is 3. The zero-order valence-corrected chi connectivity index (χ0v) is 14.5. The van der Waals surface area contributed by atoms with Crippen LogP contribution in [0.4, 0.5) is 0 Å². The third-order valence-corrected chi connectivity index (χ3v) is 4.35. The third-order valence-electron chi connectivity index (χ3n) is 4.35. The second-order valence-electron chi connectivity index (χ2n) is 7.20. The van der Waals surface area contributed by atoms with Crippen LogP contribution in [0.5, 0.6) is 0 Å². The molecule has 1 aromatic rings. The first-order valence-corrected chi connectivity index (χ1v) is 7.78. The van der Waals surface area contributed by atoms with E-state index in [1.165, 1.54) is 7.11 Å². The Hall–Kier alpha value is -1.89. The third kappa shape index (κ3) is 2.97. The molecule has 2 heterocycles. The largest absolute Gasteiger partial charge is 0.382 e. The van der Waals surface area contributed by atoms with Gasteiger partial charge in [0.15, 0.2) is 0 Å². The number of nitrogens with two attached hydrogens (primary N) is 1. The van der Waals surface area contributed by atoms with E-state index in [9.17, 15) is 9.59 Å². The number of aromatic nitrogens is 2. The lowest BCUT2D eigenvalue weighted by Gasteiger charge is -2.35. The summed E-state index contributed by atoms with van der Waals surface area (Å²) in [6.45, 7) is 6.62. The topological polar surface area (TPSA) is 90.5 Å². The maximum atomic E-state index is 13.1. The molecule has 0 aliphatic carbocycles. The Kier molecular flexibility index (Phi) is 4.52. The number of amides is 2. The number of primary amides is 1. The predicted octanol–water partition coefficient (Wildman–Crippen LogP) is 0.824. The Morgan fingerprint density at radius 2 is 2.09 bits per heavy atom. The fourth-order valence-electron chi connectivity index (χ4n) is 3.24. The van der Waals surface area contributed by atoms with Gasteiger partial charge < -0.3 is 15.4 Å². The van der Waals surface area contributed by atoms with E-state index in [0.717, 1.165) is 6.42 Å². The summed E-state index contributed by atoms with van der Waals surface area (Å²) in [5, 5.41) is 4.43. The SMILES string of the molecule is COCC1(C(N)=O)CCCN1C(=O)c1cn(C)nc1C(C)(C)C. The highest BCUT2D eigenvalue weighted by Gasteiger charge is 2.49. The highest BCUT2D eigenvalue weighted by Crippen LogP contribution is 2.33. The Bertz CT molecular complexity index is 617. The summed E-state index contributed by atoms with van der Waals surface area (Å²) in [4.78, 5) is 26.8. The summed E-state index contributed by atoms with van der Waals surface area (Å²) < 4.78 is 6.82. The van der Waals surface area contributed by atoms with Crippen molar-refractivity contribution in [1.82, 2.24) is 14.7 Å². The first-order chi connectivity index (χ1) is 10.6. The molecule has 7 heteroatoms. The van der Waals surface area contributed by atoms with Gasteiger partial charge in [0.1, 0.15) is 5.54 Å². The van der Waals surface area contributed by atoms with Crippen LogP contribution in [-0.2, 0) is 22.0 Å². The van der Waals surface area contributed by atoms with Crippen LogP contribution >= 0.6 is 0 Å². The molecule has 7 nitrogen and oxygen atoms in total. The van der Waals surface area contributed by atoms with Gasteiger partial charge in [-0.05, 0) is 12.8 Å². The number of likely N-dealkylation sites (tertiary alicyclic amines) is 1. The number of aryl methyl sites for hydroxylation is 1. The molecule has 1 aromatic heterocycles. The van der Waals surface area contributed by atoms with E-state index in [1.807, 2.05) is 20.8 Å². The van der Waals surface area contributed by atoms with Gasteiger partial charge in [0.2, 0.25) is 5.91 Å². The van der Waals surface area contributed by atoms with E-state index in [4.69, 9.17) is 10.5 Å². The summed E-state index contributed by atoms with van der Waals surface area (Å²) in [5.41, 5.74) is 5.51. The smallest absolute Gasteiger partial charge is 0.258 e. The number of hydrogen-bond acceptors (Lipinski definition) is 4. The summed E-state index contributed by atoms with van der Waals surface area (Å²) >= 11 is 0. The van der Waals surface area contributed by atoms with E-state index in [2.05, 4.69) is 5.10 Å². The Labute approximate surface area is 136 Å². The van der Waals surface area contributed by atoms with Crippen LogP contribution in [0.3, 0.4) is 0 Å². The van der Waals surface area contributed by atoms with Gasteiger partial charge >= 0.3 is 0 Å². The van der Waals surface area contributed by atoms with Gasteiger partial charge in [0.25, 0.3) is 5.91 Å². The second-order valence-corrected chi connectivity index (χ2v) is 7.20. The highest BCUT2D eigenvalue weighted by atomic mass is 16.5. The van der Waals surface area contributed by atoms with E-state index in [1.54, 1.807) is 22.8 Å². The van der Waals surface area contributed by atoms with Crippen LogP contribution in [0.2, 0.25) is 0 Å². The van der Waals surface area contributed by atoms with Crippen molar-refractivity contribution in [3.05, 3.63) is 17.5 Å². The van der Waals surface area contributed by atoms with Gasteiger partial charge in [0, 0.05) is 32.3 Å². The molecule has 2 amide bonds. The van der Waals surface area contributed by atoms with Crippen LogP contribution in [0.15, 0.2) is 6.20 Å². The summed E-state index contributed by atoms with van der Waals surface area (Å²) in [5.74, 6) is -0.734. The van der Waals surface area contributed by atoms with Crippen molar-refractivity contribution in [3.8, 4) is 0 Å². The average Bonchev–Trinajstić information content (AvgIpc) is 3.02. The Morgan fingerprint density at radius 3 is 2.61 bits per heavy atom. The number of carbonyl (C=O) groups is 2. The summed E-state index contributed by atoms with van der Waals surface area (Å²) in [6, 6.07) is 0. The fourth-order valence-corrected chi connectivity index (χ4v) is 3.24. The predicted molar refractivity (Wildman–Crippen MR) is 86.0 cm³/mol. The summed E-state index contributed by atoms with van der Waals surface area (Å²) in [7, 11) is 3.29. The maximum absolute atomic E-state index is 13.1. The molecule has 0 bridgehead atoms. The first kappa shape index (κ1) is 17.5. The molecule has 0 radical (unpaired) electrons. The number of ether oxygens (including phenoxy) is 1.